The van der Waals surface area contributed by atoms with Gasteiger partial charge in [-0.25, -0.2) is 4.98 Å². The van der Waals surface area contributed by atoms with E-state index >= 15 is 0 Å². The molecule has 6 nitrogen and oxygen atoms in total. The molecule has 0 aliphatic heterocycles. The summed E-state index contributed by atoms with van der Waals surface area (Å²) in [5, 5.41) is 6.73. The number of aromatic nitrogens is 5. The second kappa shape index (κ2) is 16.9. The molecule has 16 rings (SSSR count). The third kappa shape index (κ3) is 6.66. The lowest BCUT2D eigenvalue weighted by Crippen LogP contribution is -2.14. The number of hydrogen-bond acceptors (Lipinski definition) is 4. The van der Waals surface area contributed by atoms with Crippen molar-refractivity contribution in [1.29, 1.82) is 0 Å². The molecule has 1 aliphatic rings. The minimum atomic E-state index is -0.0836. The summed E-state index contributed by atoms with van der Waals surface area (Å²) < 4.78 is 11.1. The summed E-state index contributed by atoms with van der Waals surface area (Å²) in [7, 11) is 0. The minimum Gasteiger partial charge on any atom is -0.456 e. The second-order valence-corrected chi connectivity index (χ2v) is 21.1. The molecule has 4 aromatic heterocycles. The molecule has 0 amide bonds. The Kier molecular flexibility index (Phi) is 9.58. The zero-order valence-corrected chi connectivity index (χ0v) is 42.8. The maximum absolute atomic E-state index is 6.44. The van der Waals surface area contributed by atoms with Crippen LogP contribution in [-0.2, 0) is 5.41 Å². The van der Waals surface area contributed by atoms with Crippen molar-refractivity contribution in [1.82, 2.24) is 24.1 Å². The molecule has 366 valence electrons. The van der Waals surface area contributed by atoms with Gasteiger partial charge in [-0.3, -0.25) is 4.57 Å². The molecule has 0 saturated carbocycles. The standard InChI is InChI=1S/C72H47N5O/c1-72(2)60-31-10-6-27-58(60)67-51(28-17-32-61(67)72)47-22-14-20-45(40-47)46-21-15-23-48(41-46)52-29-16-30-57-59-43-50(76-62-33-11-7-24-53(62)54-25-8-12-34-63(54)76)37-39-64(59)77(68(52)57)71-74-69(44-18-4-3-5-19-44)73-70(75-71)49-36-38-56-55-26-9-13-35-65(55)78-66(56)42-49/h3-43H,1-2H3. The van der Waals surface area contributed by atoms with E-state index in [9.17, 15) is 0 Å². The molecular weight excluding hydrogens is 951 g/mol. The molecule has 6 heteroatoms. The molecule has 0 saturated heterocycles. The molecule has 15 aromatic rings. The van der Waals surface area contributed by atoms with Gasteiger partial charge in [-0.2, -0.15) is 9.97 Å². The lowest BCUT2D eigenvalue weighted by atomic mass is 9.82. The molecule has 0 N–H and O–H groups in total. The summed E-state index contributed by atoms with van der Waals surface area (Å²) in [6, 6.07) is 89.2. The fourth-order valence-corrected chi connectivity index (χ4v) is 12.7. The van der Waals surface area contributed by atoms with Crippen molar-refractivity contribution in [3.05, 3.63) is 260 Å². The van der Waals surface area contributed by atoms with Gasteiger partial charge in [0, 0.05) is 60.1 Å². The summed E-state index contributed by atoms with van der Waals surface area (Å²) in [5.74, 6) is 1.64. The van der Waals surface area contributed by atoms with E-state index in [1.54, 1.807) is 0 Å². The van der Waals surface area contributed by atoms with E-state index in [-0.39, 0.29) is 5.41 Å². The van der Waals surface area contributed by atoms with Crippen molar-refractivity contribution >= 4 is 65.6 Å². The molecular formula is C72H47N5O. The highest BCUT2D eigenvalue weighted by atomic mass is 16.3. The van der Waals surface area contributed by atoms with Crippen molar-refractivity contribution in [2.45, 2.75) is 19.3 Å². The first-order chi connectivity index (χ1) is 38.4. The van der Waals surface area contributed by atoms with Crippen LogP contribution in [-0.4, -0.2) is 24.1 Å². The molecule has 0 atom stereocenters. The Bertz CT molecular complexity index is 4910. The third-order valence-electron chi connectivity index (χ3n) is 16.4. The van der Waals surface area contributed by atoms with Crippen LogP contribution in [0.5, 0.6) is 0 Å². The van der Waals surface area contributed by atoms with E-state index in [4.69, 9.17) is 19.4 Å². The van der Waals surface area contributed by atoms with Gasteiger partial charge in [-0.05, 0) is 111 Å². The van der Waals surface area contributed by atoms with Gasteiger partial charge < -0.3 is 8.98 Å². The Hall–Kier alpha value is -10.2. The quantitative estimate of drug-likeness (QED) is 0.160. The highest BCUT2D eigenvalue weighted by Gasteiger charge is 2.36. The Morgan fingerprint density at radius 3 is 1.67 bits per heavy atom. The van der Waals surface area contributed by atoms with E-state index in [0.29, 0.717) is 17.6 Å². The number of para-hydroxylation sites is 4. The zero-order chi connectivity index (χ0) is 51.6. The van der Waals surface area contributed by atoms with Crippen molar-refractivity contribution < 1.29 is 4.42 Å². The van der Waals surface area contributed by atoms with Gasteiger partial charge in [-0.1, -0.05) is 202 Å². The summed E-state index contributed by atoms with van der Waals surface area (Å²) >= 11 is 0. The van der Waals surface area contributed by atoms with Crippen LogP contribution in [0.4, 0.5) is 0 Å². The Morgan fingerprint density at radius 1 is 0.333 bits per heavy atom. The average Bonchev–Trinajstić information content (AvgIpc) is 4.39. The van der Waals surface area contributed by atoms with Gasteiger partial charge in [-0.15, -0.1) is 0 Å². The summed E-state index contributed by atoms with van der Waals surface area (Å²) in [6.45, 7) is 4.69. The molecule has 0 radical (unpaired) electrons. The Morgan fingerprint density at radius 2 is 0.885 bits per heavy atom. The lowest BCUT2D eigenvalue weighted by Gasteiger charge is -2.21. The van der Waals surface area contributed by atoms with Gasteiger partial charge in [0.15, 0.2) is 11.6 Å². The molecule has 0 spiro atoms. The normalized spacial score (nSPS) is 12.8. The highest BCUT2D eigenvalue weighted by Crippen LogP contribution is 2.52. The van der Waals surface area contributed by atoms with E-state index in [1.165, 1.54) is 44.2 Å². The number of nitrogens with zero attached hydrogens (tertiary/aromatic N) is 5. The number of rotatable bonds is 7. The molecule has 11 aromatic carbocycles. The van der Waals surface area contributed by atoms with E-state index in [0.717, 1.165) is 93.8 Å². The van der Waals surface area contributed by atoms with Crippen molar-refractivity contribution in [3.63, 3.8) is 0 Å². The van der Waals surface area contributed by atoms with E-state index < -0.39 is 0 Å². The fraction of sp³-hybridized carbons (Fsp3) is 0.0417. The number of furan rings is 1. The second-order valence-electron chi connectivity index (χ2n) is 21.1. The van der Waals surface area contributed by atoms with Crippen LogP contribution in [0.15, 0.2) is 253 Å². The number of hydrogen-bond donors (Lipinski definition) is 0. The number of benzene rings is 11. The molecule has 0 unspecified atom stereocenters. The predicted octanol–water partition coefficient (Wildman–Crippen LogP) is 18.6. The van der Waals surface area contributed by atoms with Crippen LogP contribution in [0.1, 0.15) is 25.0 Å². The monoisotopic (exact) mass is 997 g/mol. The molecule has 4 heterocycles. The maximum atomic E-state index is 6.44. The average molecular weight is 998 g/mol. The van der Waals surface area contributed by atoms with E-state index in [1.807, 2.05) is 36.4 Å². The fourth-order valence-electron chi connectivity index (χ4n) is 12.7. The lowest BCUT2D eigenvalue weighted by molar-refractivity contribution is 0.660. The van der Waals surface area contributed by atoms with Crippen molar-refractivity contribution in [2.24, 2.45) is 0 Å². The van der Waals surface area contributed by atoms with Crippen LogP contribution in [0, 0.1) is 0 Å². The van der Waals surface area contributed by atoms with Gasteiger partial charge in [0.05, 0.1) is 22.1 Å². The first-order valence-corrected chi connectivity index (χ1v) is 26.7. The maximum Gasteiger partial charge on any atom is 0.238 e. The van der Waals surface area contributed by atoms with Crippen molar-refractivity contribution in [2.75, 3.05) is 0 Å². The van der Waals surface area contributed by atoms with Crippen LogP contribution in [0.2, 0.25) is 0 Å². The molecule has 78 heavy (non-hydrogen) atoms. The van der Waals surface area contributed by atoms with Crippen LogP contribution >= 0.6 is 0 Å². The number of fused-ring (bicyclic) bond motifs is 12. The zero-order valence-electron chi connectivity index (χ0n) is 42.8. The molecule has 1 aliphatic carbocycles. The summed E-state index contributed by atoms with van der Waals surface area (Å²) in [4.78, 5) is 16.1. The van der Waals surface area contributed by atoms with Gasteiger partial charge >= 0.3 is 0 Å². The summed E-state index contributed by atoms with van der Waals surface area (Å²) in [6.07, 6.45) is 0. The first kappa shape index (κ1) is 44.2. The van der Waals surface area contributed by atoms with Crippen LogP contribution in [0.25, 0.3) is 144 Å². The van der Waals surface area contributed by atoms with Crippen molar-refractivity contribution in [3.8, 4) is 78.9 Å². The van der Waals surface area contributed by atoms with Gasteiger partial charge in [0.2, 0.25) is 5.95 Å². The topological polar surface area (TPSA) is 61.7 Å². The first-order valence-electron chi connectivity index (χ1n) is 26.7. The largest absolute Gasteiger partial charge is 0.456 e. The Balaban J connectivity index is 0.917. The predicted molar refractivity (Wildman–Crippen MR) is 321 cm³/mol. The van der Waals surface area contributed by atoms with Gasteiger partial charge in [0.1, 0.15) is 11.2 Å². The SMILES string of the molecule is CC1(C)c2ccccc2-c2c(-c3cccc(-c4cccc(-c5cccc6c7cc(-n8c9ccccc9c9ccccc98)ccc7n(-c7nc(-c8ccccc8)nc(-c8ccc9c(c8)oc8ccccc89)n7)c56)c4)c3)cccc21. The minimum absolute atomic E-state index is 0.0836. The molecule has 0 bridgehead atoms. The highest BCUT2D eigenvalue weighted by molar-refractivity contribution is 6.15. The Labute approximate surface area is 449 Å². The summed E-state index contributed by atoms with van der Waals surface area (Å²) in [5.41, 5.74) is 20.9. The van der Waals surface area contributed by atoms with Gasteiger partial charge in [0.25, 0.3) is 0 Å². The third-order valence-corrected chi connectivity index (χ3v) is 16.4. The van der Waals surface area contributed by atoms with E-state index in [2.05, 4.69) is 235 Å². The van der Waals surface area contributed by atoms with Crippen LogP contribution in [0.3, 0.4) is 0 Å². The smallest absolute Gasteiger partial charge is 0.238 e. The molecule has 0 fully saturated rings. The van der Waals surface area contributed by atoms with Crippen LogP contribution < -0.4 is 0 Å².